The number of hydrogen-bond donors (Lipinski definition) is 0. The van der Waals surface area contributed by atoms with Gasteiger partial charge in [0.1, 0.15) is 0 Å². The van der Waals surface area contributed by atoms with Crippen LogP contribution in [0.25, 0.3) is 6.08 Å². The third kappa shape index (κ3) is 3.32. The fourth-order valence-electron chi connectivity index (χ4n) is 3.88. The van der Waals surface area contributed by atoms with Crippen LogP contribution >= 0.6 is 0 Å². The number of likely N-dealkylation sites (N-methyl/N-ethyl adjacent to an activating group) is 1. The van der Waals surface area contributed by atoms with Gasteiger partial charge >= 0.3 is 0 Å². The van der Waals surface area contributed by atoms with Gasteiger partial charge in [0, 0.05) is 37.4 Å². The molecule has 0 N–H and O–H groups in total. The van der Waals surface area contributed by atoms with Crippen molar-refractivity contribution >= 4 is 17.5 Å². The molecule has 0 aliphatic carbocycles. The fraction of sp³-hybridized carbons (Fsp3) is 0.348. The van der Waals surface area contributed by atoms with E-state index in [1.165, 1.54) is 16.8 Å². The van der Waals surface area contributed by atoms with E-state index in [2.05, 4.69) is 97.4 Å². The zero-order valence-electron chi connectivity index (χ0n) is 16.1. The maximum atomic E-state index is 8.72. The summed E-state index contributed by atoms with van der Waals surface area (Å²) in [6.07, 6.45) is 5.07. The number of fused-ring (bicyclic) bond motifs is 1. The second-order valence-electron chi connectivity index (χ2n) is 7.57. The Bertz CT molecular complexity index is 827. The molecule has 3 heteroatoms. The van der Waals surface area contributed by atoms with Gasteiger partial charge in [0.25, 0.3) is 0 Å². The minimum absolute atomic E-state index is 0.0826. The van der Waals surface area contributed by atoms with E-state index in [9.17, 15) is 0 Å². The summed E-state index contributed by atoms with van der Waals surface area (Å²) in [7, 11) is 4.20. The predicted molar refractivity (Wildman–Crippen MR) is 111 cm³/mol. The second-order valence-corrected chi connectivity index (χ2v) is 7.57. The molecule has 0 amide bonds. The van der Waals surface area contributed by atoms with Gasteiger partial charge in [-0.2, -0.15) is 5.26 Å². The third-order valence-electron chi connectivity index (χ3n) is 5.50. The molecule has 134 valence electrons. The summed E-state index contributed by atoms with van der Waals surface area (Å²) >= 11 is 0. The molecule has 26 heavy (non-hydrogen) atoms. The van der Waals surface area contributed by atoms with Crippen LogP contribution in [0.1, 0.15) is 31.4 Å². The lowest BCUT2D eigenvalue weighted by Gasteiger charge is -2.29. The Kier molecular flexibility index (Phi) is 5.04. The minimum atomic E-state index is 0.0826. The number of nitriles is 1. The Morgan fingerprint density at radius 3 is 2.50 bits per heavy atom. The number of rotatable bonds is 5. The SMILES string of the molecule is CN(CCC#N)c1ccc(/C=C/C2N(C)c3ccccc3C2(C)C)cc1. The summed E-state index contributed by atoms with van der Waals surface area (Å²) in [5.74, 6) is 0. The van der Waals surface area contributed by atoms with E-state index in [0.29, 0.717) is 12.5 Å². The molecular formula is C23H27N3. The first kappa shape index (κ1) is 18.1. The lowest BCUT2D eigenvalue weighted by atomic mass is 9.80. The van der Waals surface area contributed by atoms with Gasteiger partial charge in [-0.05, 0) is 29.3 Å². The summed E-state index contributed by atoms with van der Waals surface area (Å²) in [6.45, 7) is 5.39. The Morgan fingerprint density at radius 1 is 1.15 bits per heavy atom. The van der Waals surface area contributed by atoms with Crippen molar-refractivity contribution in [2.45, 2.75) is 31.7 Å². The molecule has 3 rings (SSSR count). The highest BCUT2D eigenvalue weighted by atomic mass is 15.2. The van der Waals surface area contributed by atoms with Crippen molar-refractivity contribution in [1.82, 2.24) is 0 Å². The Morgan fingerprint density at radius 2 is 1.85 bits per heavy atom. The Labute approximate surface area is 157 Å². The van der Waals surface area contributed by atoms with Crippen LogP contribution in [0.3, 0.4) is 0 Å². The highest BCUT2D eigenvalue weighted by Crippen LogP contribution is 2.44. The number of anilines is 2. The molecule has 1 aliphatic rings. The lowest BCUT2D eigenvalue weighted by Crippen LogP contribution is -2.37. The van der Waals surface area contributed by atoms with Gasteiger partial charge in [-0.1, -0.05) is 56.3 Å². The molecule has 0 saturated heterocycles. The quantitative estimate of drug-likeness (QED) is 0.776. The summed E-state index contributed by atoms with van der Waals surface area (Å²) in [6, 6.07) is 19.7. The van der Waals surface area contributed by atoms with Crippen LogP contribution in [-0.4, -0.2) is 26.7 Å². The van der Waals surface area contributed by atoms with E-state index in [1.54, 1.807) is 0 Å². The van der Waals surface area contributed by atoms with Crippen LogP contribution in [-0.2, 0) is 5.41 Å². The van der Waals surface area contributed by atoms with Crippen molar-refractivity contribution in [1.29, 1.82) is 5.26 Å². The largest absolute Gasteiger partial charge is 0.374 e. The maximum Gasteiger partial charge on any atom is 0.0640 e. The van der Waals surface area contributed by atoms with E-state index in [4.69, 9.17) is 5.26 Å². The predicted octanol–water partition coefficient (Wildman–Crippen LogP) is 4.85. The standard InChI is InChI=1S/C23H27N3/c1-23(2)20-8-5-6-9-21(20)26(4)22(23)15-12-18-10-13-19(14-11-18)25(3)17-7-16-24/h5-6,8-15,22H,7,17H2,1-4H3/b15-12+. The first-order chi connectivity index (χ1) is 12.4. The van der Waals surface area contributed by atoms with E-state index >= 15 is 0 Å². The van der Waals surface area contributed by atoms with Gasteiger partial charge < -0.3 is 9.80 Å². The topological polar surface area (TPSA) is 30.3 Å². The van der Waals surface area contributed by atoms with Crippen LogP contribution in [0.2, 0.25) is 0 Å². The maximum absolute atomic E-state index is 8.72. The average Bonchev–Trinajstić information content (AvgIpc) is 2.85. The summed E-state index contributed by atoms with van der Waals surface area (Å²) < 4.78 is 0. The fourth-order valence-corrected chi connectivity index (χ4v) is 3.88. The second kappa shape index (κ2) is 7.25. The molecule has 0 fully saturated rings. The van der Waals surface area contributed by atoms with Crippen LogP contribution < -0.4 is 9.80 Å². The first-order valence-corrected chi connectivity index (χ1v) is 9.14. The highest BCUT2D eigenvalue weighted by Gasteiger charge is 2.41. The number of hydrogen-bond acceptors (Lipinski definition) is 3. The van der Waals surface area contributed by atoms with E-state index in [0.717, 1.165) is 12.2 Å². The van der Waals surface area contributed by atoms with E-state index < -0.39 is 0 Å². The van der Waals surface area contributed by atoms with Crippen LogP contribution in [0.15, 0.2) is 54.6 Å². The molecule has 0 aromatic heterocycles. The number of nitrogens with zero attached hydrogens (tertiary/aromatic N) is 3. The van der Waals surface area contributed by atoms with Crippen molar-refractivity contribution in [3.63, 3.8) is 0 Å². The molecule has 1 aliphatic heterocycles. The molecule has 1 heterocycles. The summed E-state index contributed by atoms with van der Waals surface area (Å²) in [4.78, 5) is 4.48. The van der Waals surface area contributed by atoms with Gasteiger partial charge in [-0.3, -0.25) is 0 Å². The molecule has 1 atom stereocenters. The molecule has 0 saturated carbocycles. The zero-order valence-corrected chi connectivity index (χ0v) is 16.1. The molecule has 0 bridgehead atoms. The number of para-hydroxylation sites is 1. The van der Waals surface area contributed by atoms with Crippen molar-refractivity contribution < 1.29 is 0 Å². The van der Waals surface area contributed by atoms with Crippen molar-refractivity contribution in [2.75, 3.05) is 30.4 Å². The van der Waals surface area contributed by atoms with Gasteiger partial charge in [-0.15, -0.1) is 0 Å². The monoisotopic (exact) mass is 345 g/mol. The number of benzene rings is 2. The molecule has 0 radical (unpaired) electrons. The van der Waals surface area contributed by atoms with Gasteiger partial charge in [0.2, 0.25) is 0 Å². The van der Waals surface area contributed by atoms with Crippen molar-refractivity contribution in [3.8, 4) is 6.07 Å². The molecule has 0 spiro atoms. The minimum Gasteiger partial charge on any atom is -0.374 e. The third-order valence-corrected chi connectivity index (χ3v) is 5.50. The molecular weight excluding hydrogens is 318 g/mol. The van der Waals surface area contributed by atoms with Gasteiger partial charge in [0.15, 0.2) is 0 Å². The lowest BCUT2D eigenvalue weighted by molar-refractivity contribution is 0.489. The smallest absolute Gasteiger partial charge is 0.0640 e. The van der Waals surface area contributed by atoms with Crippen LogP contribution in [0.4, 0.5) is 11.4 Å². The van der Waals surface area contributed by atoms with Crippen LogP contribution in [0.5, 0.6) is 0 Å². The highest BCUT2D eigenvalue weighted by molar-refractivity contribution is 5.66. The van der Waals surface area contributed by atoms with Gasteiger partial charge in [0.05, 0.1) is 18.5 Å². The normalized spacial score (nSPS) is 18.0. The van der Waals surface area contributed by atoms with Crippen LogP contribution in [0, 0.1) is 11.3 Å². The molecule has 1 unspecified atom stereocenters. The molecule has 2 aromatic rings. The summed E-state index contributed by atoms with van der Waals surface area (Å²) in [5.41, 5.74) is 5.15. The van der Waals surface area contributed by atoms with Crippen molar-refractivity contribution in [2.24, 2.45) is 0 Å². The summed E-state index contributed by atoms with van der Waals surface area (Å²) in [5, 5.41) is 8.72. The van der Waals surface area contributed by atoms with Gasteiger partial charge in [-0.25, -0.2) is 0 Å². The first-order valence-electron chi connectivity index (χ1n) is 9.14. The van der Waals surface area contributed by atoms with Crippen molar-refractivity contribution in [3.05, 3.63) is 65.7 Å². The average molecular weight is 345 g/mol. The Balaban J connectivity index is 1.75. The zero-order chi connectivity index (χ0) is 18.7. The molecule has 3 nitrogen and oxygen atoms in total. The molecule has 2 aromatic carbocycles. The van der Waals surface area contributed by atoms with E-state index in [-0.39, 0.29) is 5.41 Å². The van der Waals surface area contributed by atoms with E-state index in [1.807, 2.05) is 7.05 Å². The Hall–Kier alpha value is -2.73.